The molecule has 4 nitrogen and oxygen atoms in total. The van der Waals surface area contributed by atoms with Crippen LogP contribution in [0, 0.1) is 6.92 Å². The summed E-state index contributed by atoms with van der Waals surface area (Å²) in [4.78, 5) is 6.66. The van der Waals surface area contributed by atoms with Crippen molar-refractivity contribution in [3.05, 3.63) is 36.9 Å². The number of aryl methyl sites for hydroxylation is 3. The zero-order chi connectivity index (χ0) is 17.5. The van der Waals surface area contributed by atoms with Crippen molar-refractivity contribution in [3.63, 3.8) is 0 Å². The lowest BCUT2D eigenvalue weighted by atomic mass is 10.1. The summed E-state index contributed by atoms with van der Waals surface area (Å²) in [7, 11) is 2.08. The molecule has 0 aliphatic carbocycles. The molecule has 4 heteroatoms. The maximum absolute atomic E-state index is 3.77. The van der Waals surface area contributed by atoms with Crippen molar-refractivity contribution in [3.8, 4) is 0 Å². The number of aromatic amines is 1. The van der Waals surface area contributed by atoms with E-state index in [1.165, 1.54) is 70.8 Å². The first-order chi connectivity index (χ1) is 11.7. The minimum absolute atomic E-state index is 1.11. The number of H-pyrrole nitrogens is 1. The Labute approximate surface area is 148 Å². The Balaban J connectivity index is 0.000000400. The first-order valence-corrected chi connectivity index (χ1v) is 9.68. The number of hydrogen-bond acceptors (Lipinski definition) is 1. The second kappa shape index (κ2) is 13.8. The quantitative estimate of drug-likeness (QED) is 0.458. The summed E-state index contributed by atoms with van der Waals surface area (Å²) in [5, 5.41) is 0. The van der Waals surface area contributed by atoms with Gasteiger partial charge in [-0.05, 0) is 19.8 Å². The van der Waals surface area contributed by atoms with Crippen molar-refractivity contribution in [1.29, 1.82) is 0 Å². The van der Waals surface area contributed by atoms with E-state index in [9.17, 15) is 0 Å². The van der Waals surface area contributed by atoms with E-state index < -0.39 is 0 Å². The summed E-state index contributed by atoms with van der Waals surface area (Å²) < 4.78 is 4.39. The Bertz CT molecular complexity index is 487. The van der Waals surface area contributed by atoms with E-state index in [4.69, 9.17) is 0 Å². The lowest BCUT2D eigenvalue weighted by Gasteiger charge is -2.01. The summed E-state index contributed by atoms with van der Waals surface area (Å²) in [6.45, 7) is 5.43. The van der Waals surface area contributed by atoms with Gasteiger partial charge in [0.15, 0.2) is 0 Å². The molecular formula is C20H37N4+. The molecule has 136 valence electrons. The van der Waals surface area contributed by atoms with Crippen LogP contribution in [0.1, 0.15) is 76.8 Å². The normalized spacial score (nSPS) is 10.5. The highest BCUT2D eigenvalue weighted by atomic mass is 15.1. The van der Waals surface area contributed by atoms with Crippen molar-refractivity contribution < 1.29 is 4.57 Å². The summed E-state index contributed by atoms with van der Waals surface area (Å²) in [5.74, 6) is 0. The third-order valence-corrected chi connectivity index (χ3v) is 4.23. The second-order valence-electron chi connectivity index (χ2n) is 6.73. The predicted molar refractivity (Wildman–Crippen MR) is 101 cm³/mol. The molecule has 0 spiro atoms. The van der Waals surface area contributed by atoms with Crippen LogP contribution in [0.2, 0.25) is 0 Å². The molecule has 2 rings (SSSR count). The van der Waals surface area contributed by atoms with E-state index in [1.807, 2.05) is 6.92 Å². The highest BCUT2D eigenvalue weighted by Gasteiger charge is 1.99. The molecule has 0 atom stereocenters. The number of imidazole rings is 2. The van der Waals surface area contributed by atoms with E-state index in [-0.39, 0.29) is 0 Å². The van der Waals surface area contributed by atoms with Crippen molar-refractivity contribution in [2.45, 2.75) is 84.6 Å². The summed E-state index contributed by atoms with van der Waals surface area (Å²) in [6, 6.07) is 0. The van der Waals surface area contributed by atoms with Crippen molar-refractivity contribution in [2.24, 2.45) is 7.05 Å². The monoisotopic (exact) mass is 333 g/mol. The van der Waals surface area contributed by atoms with Gasteiger partial charge in [0.1, 0.15) is 12.4 Å². The minimum atomic E-state index is 1.11. The number of hydrogen-bond donors (Lipinski definition) is 1. The van der Waals surface area contributed by atoms with Gasteiger partial charge in [-0.3, -0.25) is 0 Å². The van der Waals surface area contributed by atoms with Crippen LogP contribution < -0.4 is 4.57 Å². The fraction of sp³-hybridized carbons (Fsp3) is 0.700. The van der Waals surface area contributed by atoms with Crippen molar-refractivity contribution in [2.75, 3.05) is 0 Å². The predicted octanol–water partition coefficient (Wildman–Crippen LogP) is 4.95. The topological polar surface area (TPSA) is 37.5 Å². The number of nitrogens with zero attached hydrogens (tertiary/aromatic N) is 3. The maximum Gasteiger partial charge on any atom is 0.243 e. The third-order valence-electron chi connectivity index (χ3n) is 4.23. The fourth-order valence-corrected chi connectivity index (χ4v) is 2.74. The van der Waals surface area contributed by atoms with Crippen LogP contribution >= 0.6 is 0 Å². The minimum Gasteiger partial charge on any atom is -0.349 e. The van der Waals surface area contributed by atoms with Crippen LogP contribution in [0.5, 0.6) is 0 Å². The first kappa shape index (κ1) is 20.5. The largest absolute Gasteiger partial charge is 0.349 e. The highest BCUT2D eigenvalue weighted by molar-refractivity contribution is 4.87. The van der Waals surface area contributed by atoms with Gasteiger partial charge >= 0.3 is 0 Å². The number of aromatic nitrogens is 4. The van der Waals surface area contributed by atoms with Crippen molar-refractivity contribution in [1.82, 2.24) is 14.5 Å². The molecule has 0 saturated heterocycles. The molecule has 24 heavy (non-hydrogen) atoms. The van der Waals surface area contributed by atoms with Gasteiger partial charge in [-0.15, -0.1) is 0 Å². The first-order valence-electron chi connectivity index (χ1n) is 9.68. The molecular weight excluding hydrogens is 296 g/mol. The van der Waals surface area contributed by atoms with Gasteiger partial charge in [0.05, 0.1) is 19.9 Å². The van der Waals surface area contributed by atoms with Crippen LogP contribution in [0.25, 0.3) is 0 Å². The van der Waals surface area contributed by atoms with Gasteiger partial charge < -0.3 is 4.98 Å². The van der Waals surface area contributed by atoms with Gasteiger partial charge in [0.2, 0.25) is 6.33 Å². The smallest absolute Gasteiger partial charge is 0.243 e. The Hall–Kier alpha value is -1.58. The Morgan fingerprint density at radius 2 is 1.62 bits per heavy atom. The molecule has 0 aliphatic heterocycles. The molecule has 0 bridgehead atoms. The number of unbranched alkanes of at least 4 members (excludes halogenated alkanes) is 9. The van der Waals surface area contributed by atoms with Gasteiger partial charge in [0, 0.05) is 11.9 Å². The Morgan fingerprint density at radius 1 is 1.00 bits per heavy atom. The fourth-order valence-electron chi connectivity index (χ4n) is 2.74. The SMILES string of the molecule is CCCCCCCCCCCCn1cc[n+](C)c1.Cc1cnc[nH]1. The van der Waals surface area contributed by atoms with Crippen LogP contribution in [-0.2, 0) is 13.6 Å². The molecule has 2 aromatic rings. The number of rotatable bonds is 11. The Morgan fingerprint density at radius 3 is 2.04 bits per heavy atom. The van der Waals surface area contributed by atoms with Gasteiger partial charge in [0.25, 0.3) is 0 Å². The average Bonchev–Trinajstić information content (AvgIpc) is 3.21. The van der Waals surface area contributed by atoms with E-state index in [0.29, 0.717) is 0 Å². The molecule has 2 heterocycles. The van der Waals surface area contributed by atoms with Crippen LogP contribution in [0.4, 0.5) is 0 Å². The number of nitrogens with one attached hydrogen (secondary N) is 1. The van der Waals surface area contributed by atoms with Crippen LogP contribution in [0.15, 0.2) is 31.2 Å². The standard InChI is InChI=1S/C16H31N2.C4H6N2/c1-3-4-5-6-7-8-9-10-11-12-13-18-15-14-17(2)16-18;1-4-2-5-3-6-4/h14-16H,3-13H2,1-2H3;2-3H,1H3,(H,5,6)/q+1;. The molecule has 0 amide bonds. The molecule has 0 fully saturated rings. The molecule has 2 aromatic heterocycles. The average molecular weight is 334 g/mol. The van der Waals surface area contributed by atoms with Gasteiger partial charge in [-0.1, -0.05) is 58.3 Å². The molecule has 0 saturated carbocycles. The van der Waals surface area contributed by atoms with E-state index in [2.05, 4.69) is 51.8 Å². The summed E-state index contributed by atoms with van der Waals surface area (Å²) in [5.41, 5.74) is 1.11. The van der Waals surface area contributed by atoms with Crippen LogP contribution in [-0.4, -0.2) is 14.5 Å². The van der Waals surface area contributed by atoms with Gasteiger partial charge in [-0.2, -0.15) is 0 Å². The lowest BCUT2D eigenvalue weighted by molar-refractivity contribution is -0.671. The lowest BCUT2D eigenvalue weighted by Crippen LogP contribution is -2.23. The van der Waals surface area contributed by atoms with E-state index in [1.54, 1.807) is 12.5 Å². The van der Waals surface area contributed by atoms with Crippen molar-refractivity contribution >= 4 is 0 Å². The van der Waals surface area contributed by atoms with Crippen LogP contribution in [0.3, 0.4) is 0 Å². The van der Waals surface area contributed by atoms with E-state index >= 15 is 0 Å². The molecule has 0 radical (unpaired) electrons. The zero-order valence-electron chi connectivity index (χ0n) is 16.0. The third kappa shape index (κ3) is 11.0. The maximum atomic E-state index is 3.77. The molecule has 0 aliphatic rings. The van der Waals surface area contributed by atoms with E-state index in [0.717, 1.165) is 5.69 Å². The Kier molecular flexibility index (Phi) is 11.8. The molecule has 0 unspecified atom stereocenters. The second-order valence-corrected chi connectivity index (χ2v) is 6.73. The van der Waals surface area contributed by atoms with Gasteiger partial charge in [-0.25, -0.2) is 14.1 Å². The highest BCUT2D eigenvalue weighted by Crippen LogP contribution is 2.10. The molecule has 1 N–H and O–H groups in total. The zero-order valence-corrected chi connectivity index (χ0v) is 16.0. The summed E-state index contributed by atoms with van der Waals surface area (Å²) >= 11 is 0. The summed E-state index contributed by atoms with van der Waals surface area (Å²) in [6.07, 6.45) is 24.0. The molecule has 0 aromatic carbocycles.